The van der Waals surface area contributed by atoms with Crippen LogP contribution in [0.25, 0.3) is 10.9 Å². The number of ether oxygens (including phenoxy) is 1. The number of nitrogens with one attached hydrogen (secondary N) is 1. The molecule has 18 heavy (non-hydrogen) atoms. The molecule has 0 bridgehead atoms. The molecule has 1 aromatic carbocycles. The second-order valence-corrected chi connectivity index (χ2v) is 5.02. The molecule has 1 aliphatic rings. The largest absolute Gasteiger partial charge is 0.491 e. The zero-order valence-corrected chi connectivity index (χ0v) is 10.8. The van der Waals surface area contributed by atoms with Gasteiger partial charge >= 0.3 is 0 Å². The van der Waals surface area contributed by atoms with Gasteiger partial charge in [0, 0.05) is 24.0 Å². The van der Waals surface area contributed by atoms with Gasteiger partial charge in [-0.1, -0.05) is 11.6 Å². The Kier molecular flexibility index (Phi) is 3.35. The summed E-state index contributed by atoms with van der Waals surface area (Å²) >= 11 is 6.15. The maximum Gasteiger partial charge on any atom is 0.145 e. The van der Waals surface area contributed by atoms with Gasteiger partial charge in [0.1, 0.15) is 11.3 Å². The van der Waals surface area contributed by atoms with Gasteiger partial charge in [-0.3, -0.25) is 4.98 Å². The molecule has 2 heterocycles. The summed E-state index contributed by atoms with van der Waals surface area (Å²) in [6.07, 6.45) is 2.95. The zero-order valence-electron chi connectivity index (χ0n) is 10.0. The second kappa shape index (κ2) is 5.12. The van der Waals surface area contributed by atoms with Crippen molar-refractivity contribution in [3.63, 3.8) is 0 Å². The smallest absolute Gasteiger partial charge is 0.145 e. The molecule has 0 saturated carbocycles. The van der Waals surface area contributed by atoms with Crippen LogP contribution in [0.5, 0.6) is 5.75 Å². The van der Waals surface area contributed by atoms with E-state index in [0.29, 0.717) is 10.9 Å². The van der Waals surface area contributed by atoms with Gasteiger partial charge in [0.15, 0.2) is 0 Å². The molecule has 0 amide bonds. The molecule has 4 heteroatoms. The predicted octanol–water partition coefficient (Wildman–Crippen LogP) is 2.88. The van der Waals surface area contributed by atoms with E-state index < -0.39 is 0 Å². The van der Waals surface area contributed by atoms with E-state index >= 15 is 0 Å². The Balaban J connectivity index is 1.85. The highest BCUT2D eigenvalue weighted by molar-refractivity contribution is 6.35. The third-order valence-corrected chi connectivity index (χ3v) is 3.65. The topological polar surface area (TPSA) is 34.1 Å². The number of halogens is 1. The Bertz CT molecular complexity index is 552. The van der Waals surface area contributed by atoms with Crippen molar-refractivity contribution in [1.29, 1.82) is 0 Å². The van der Waals surface area contributed by atoms with Crippen molar-refractivity contribution >= 4 is 22.5 Å². The maximum absolute atomic E-state index is 6.15. The Morgan fingerprint density at radius 3 is 3.17 bits per heavy atom. The number of hydrogen-bond donors (Lipinski definition) is 1. The van der Waals surface area contributed by atoms with Crippen LogP contribution >= 0.6 is 11.6 Å². The number of benzene rings is 1. The van der Waals surface area contributed by atoms with Gasteiger partial charge in [0.05, 0.1) is 11.6 Å². The van der Waals surface area contributed by atoms with Gasteiger partial charge in [0.25, 0.3) is 0 Å². The summed E-state index contributed by atoms with van der Waals surface area (Å²) in [5.41, 5.74) is 0.843. The van der Waals surface area contributed by atoms with Gasteiger partial charge < -0.3 is 10.1 Å². The molecule has 1 aliphatic heterocycles. The summed E-state index contributed by atoms with van der Waals surface area (Å²) in [4.78, 5) is 4.36. The van der Waals surface area contributed by atoms with Gasteiger partial charge in [0.2, 0.25) is 0 Å². The third-order valence-electron chi connectivity index (χ3n) is 3.32. The molecule has 0 radical (unpaired) electrons. The van der Waals surface area contributed by atoms with Crippen molar-refractivity contribution in [3.05, 3.63) is 35.5 Å². The first-order chi connectivity index (χ1) is 8.84. The lowest BCUT2D eigenvalue weighted by molar-refractivity contribution is 0.262. The molecule has 1 atom stereocenters. The van der Waals surface area contributed by atoms with E-state index in [1.807, 2.05) is 24.3 Å². The molecule has 0 spiro atoms. The highest BCUT2D eigenvalue weighted by atomic mass is 35.5. The van der Waals surface area contributed by atoms with Crippen LogP contribution in [-0.4, -0.2) is 24.7 Å². The van der Waals surface area contributed by atoms with Crippen LogP contribution < -0.4 is 10.1 Å². The minimum Gasteiger partial charge on any atom is -0.491 e. The first-order valence-corrected chi connectivity index (χ1v) is 6.59. The SMILES string of the molecule is Clc1ccc(OC[C@H]2CCNC2)c2ncccc12. The summed E-state index contributed by atoms with van der Waals surface area (Å²) in [6.45, 7) is 2.87. The molecule has 1 aromatic heterocycles. The van der Waals surface area contributed by atoms with Crippen molar-refractivity contribution in [1.82, 2.24) is 10.3 Å². The fourth-order valence-corrected chi connectivity index (χ4v) is 2.51. The Morgan fingerprint density at radius 2 is 2.33 bits per heavy atom. The van der Waals surface area contributed by atoms with Crippen LogP contribution in [0.4, 0.5) is 0 Å². The van der Waals surface area contributed by atoms with E-state index in [0.717, 1.165) is 36.3 Å². The normalized spacial score (nSPS) is 19.3. The van der Waals surface area contributed by atoms with E-state index in [9.17, 15) is 0 Å². The summed E-state index contributed by atoms with van der Waals surface area (Å²) in [5, 5.41) is 5.00. The summed E-state index contributed by atoms with van der Waals surface area (Å²) in [5.74, 6) is 1.42. The Labute approximate surface area is 111 Å². The minimum absolute atomic E-state index is 0.597. The van der Waals surface area contributed by atoms with Crippen molar-refractivity contribution in [2.75, 3.05) is 19.7 Å². The number of pyridine rings is 1. The lowest BCUT2D eigenvalue weighted by atomic mass is 10.1. The molecule has 3 nitrogen and oxygen atoms in total. The van der Waals surface area contributed by atoms with Gasteiger partial charge in [-0.05, 0) is 37.2 Å². The Morgan fingerprint density at radius 1 is 1.39 bits per heavy atom. The van der Waals surface area contributed by atoms with Gasteiger partial charge in [-0.2, -0.15) is 0 Å². The van der Waals surface area contributed by atoms with Crippen LogP contribution in [0.2, 0.25) is 5.02 Å². The molecule has 3 rings (SSSR count). The monoisotopic (exact) mass is 262 g/mol. The van der Waals surface area contributed by atoms with E-state index in [-0.39, 0.29) is 0 Å². The molecular formula is C14H15ClN2O. The van der Waals surface area contributed by atoms with Crippen molar-refractivity contribution in [3.8, 4) is 5.75 Å². The van der Waals surface area contributed by atoms with Crippen molar-refractivity contribution < 1.29 is 4.74 Å². The number of aromatic nitrogens is 1. The fraction of sp³-hybridized carbons (Fsp3) is 0.357. The maximum atomic E-state index is 6.15. The standard InChI is InChI=1S/C14H15ClN2O/c15-12-3-4-13(14-11(12)2-1-6-17-14)18-9-10-5-7-16-8-10/h1-4,6,10,16H,5,7-9H2/t10-/m0/s1. The summed E-state index contributed by atoms with van der Waals surface area (Å²) < 4.78 is 5.90. The van der Waals surface area contributed by atoms with Gasteiger partial charge in [-0.25, -0.2) is 0 Å². The van der Waals surface area contributed by atoms with E-state index in [1.165, 1.54) is 6.42 Å². The molecule has 0 unspecified atom stereocenters. The highest BCUT2D eigenvalue weighted by Gasteiger charge is 2.16. The average Bonchev–Trinajstić information content (AvgIpc) is 2.92. The summed E-state index contributed by atoms with van der Waals surface area (Å²) in [7, 11) is 0. The zero-order chi connectivity index (χ0) is 12.4. The van der Waals surface area contributed by atoms with Crippen LogP contribution in [0.1, 0.15) is 6.42 Å². The van der Waals surface area contributed by atoms with Crippen LogP contribution in [0.15, 0.2) is 30.5 Å². The lowest BCUT2D eigenvalue weighted by Gasteiger charge is -2.12. The quantitative estimate of drug-likeness (QED) is 0.924. The van der Waals surface area contributed by atoms with E-state index in [2.05, 4.69) is 10.3 Å². The summed E-state index contributed by atoms with van der Waals surface area (Å²) in [6, 6.07) is 7.63. The molecule has 1 saturated heterocycles. The van der Waals surface area contributed by atoms with Crippen LogP contribution in [0.3, 0.4) is 0 Å². The number of nitrogens with zero attached hydrogens (tertiary/aromatic N) is 1. The lowest BCUT2D eigenvalue weighted by Crippen LogP contribution is -2.15. The number of fused-ring (bicyclic) bond motifs is 1. The van der Waals surface area contributed by atoms with Crippen molar-refractivity contribution in [2.24, 2.45) is 5.92 Å². The Hall–Kier alpha value is -1.32. The molecule has 1 fully saturated rings. The first-order valence-electron chi connectivity index (χ1n) is 6.21. The number of hydrogen-bond acceptors (Lipinski definition) is 3. The second-order valence-electron chi connectivity index (χ2n) is 4.61. The molecular weight excluding hydrogens is 248 g/mol. The average molecular weight is 263 g/mol. The minimum atomic E-state index is 0.597. The van der Waals surface area contributed by atoms with Crippen molar-refractivity contribution in [2.45, 2.75) is 6.42 Å². The molecule has 1 N–H and O–H groups in total. The highest BCUT2D eigenvalue weighted by Crippen LogP contribution is 2.30. The van der Waals surface area contributed by atoms with Crippen LogP contribution in [-0.2, 0) is 0 Å². The number of rotatable bonds is 3. The molecule has 0 aliphatic carbocycles. The van der Waals surface area contributed by atoms with Crippen LogP contribution in [0, 0.1) is 5.92 Å². The third kappa shape index (κ3) is 2.28. The first kappa shape index (κ1) is 11.8. The molecule has 94 valence electrons. The van der Waals surface area contributed by atoms with E-state index in [1.54, 1.807) is 6.20 Å². The van der Waals surface area contributed by atoms with E-state index in [4.69, 9.17) is 16.3 Å². The molecule has 2 aromatic rings. The van der Waals surface area contributed by atoms with Gasteiger partial charge in [-0.15, -0.1) is 0 Å². The fourth-order valence-electron chi connectivity index (χ4n) is 2.29. The predicted molar refractivity (Wildman–Crippen MR) is 73.2 cm³/mol.